The van der Waals surface area contributed by atoms with Crippen LogP contribution < -0.4 is 0 Å². The van der Waals surface area contributed by atoms with Crippen molar-refractivity contribution in [3.8, 4) is 0 Å². The lowest BCUT2D eigenvalue weighted by atomic mass is 9.85. The summed E-state index contributed by atoms with van der Waals surface area (Å²) < 4.78 is 0. The Hall–Kier alpha value is -1.44. The molecule has 0 amide bonds. The maximum Gasteiger partial charge on any atom is 0.235 e. The van der Waals surface area contributed by atoms with Crippen molar-refractivity contribution in [2.75, 3.05) is 14.1 Å². The third-order valence-electron chi connectivity index (χ3n) is 3.70. The van der Waals surface area contributed by atoms with Crippen LogP contribution in [0.2, 0.25) is 0 Å². The molecule has 1 aliphatic carbocycles. The molecule has 0 unspecified atom stereocenters. The first-order chi connectivity index (χ1) is 8.68. The van der Waals surface area contributed by atoms with Gasteiger partial charge in [-0.1, -0.05) is 37.1 Å². The fourth-order valence-electron chi connectivity index (χ4n) is 2.94. The van der Waals surface area contributed by atoms with Gasteiger partial charge >= 0.3 is 0 Å². The molecule has 0 aliphatic heterocycles. The number of hydrogen-bond donors (Lipinski definition) is 0. The Morgan fingerprint density at radius 3 is 2.56 bits per heavy atom. The van der Waals surface area contributed by atoms with Crippen LogP contribution in [0.4, 0.5) is 0 Å². The van der Waals surface area contributed by atoms with Crippen LogP contribution in [0.15, 0.2) is 29.3 Å². The van der Waals surface area contributed by atoms with Gasteiger partial charge in [0.25, 0.3) is 0 Å². The minimum Gasteiger partial charge on any atom is -0.305 e. The number of benzene rings is 1. The number of hydrogen-bond acceptors (Lipinski definition) is 3. The Morgan fingerprint density at radius 1 is 1.28 bits per heavy atom. The van der Waals surface area contributed by atoms with E-state index in [4.69, 9.17) is 0 Å². The van der Waals surface area contributed by atoms with Crippen molar-refractivity contribution in [2.24, 2.45) is 4.99 Å². The molecule has 0 radical (unpaired) electrons. The molecule has 0 heterocycles. The second kappa shape index (κ2) is 5.47. The molecular formula is C15H20N2O. The summed E-state index contributed by atoms with van der Waals surface area (Å²) in [7, 11) is 4.11. The zero-order valence-corrected chi connectivity index (χ0v) is 11.1. The third kappa shape index (κ3) is 2.53. The molecule has 18 heavy (non-hydrogen) atoms. The monoisotopic (exact) mass is 244 g/mol. The average molecular weight is 244 g/mol. The summed E-state index contributed by atoms with van der Waals surface area (Å²) in [5.41, 5.74) is 2.16. The van der Waals surface area contributed by atoms with Crippen LogP contribution >= 0.6 is 0 Å². The van der Waals surface area contributed by atoms with Gasteiger partial charge in [-0.15, -0.1) is 0 Å². The number of carbonyl (C=O) groups excluding carboxylic acids is 1. The van der Waals surface area contributed by atoms with Crippen molar-refractivity contribution in [1.82, 2.24) is 4.90 Å². The summed E-state index contributed by atoms with van der Waals surface area (Å²) in [6.07, 6.45) is 6.00. The summed E-state index contributed by atoms with van der Waals surface area (Å²) in [5, 5.41) is 0. The van der Waals surface area contributed by atoms with E-state index < -0.39 is 0 Å². The molecule has 0 saturated heterocycles. The number of nitrogens with zero attached hydrogens (tertiary/aromatic N) is 2. The number of isocyanates is 1. The van der Waals surface area contributed by atoms with Gasteiger partial charge < -0.3 is 4.90 Å². The van der Waals surface area contributed by atoms with E-state index in [0.29, 0.717) is 0 Å². The highest BCUT2D eigenvalue weighted by Gasteiger charge is 2.37. The van der Waals surface area contributed by atoms with Crippen LogP contribution in [0.1, 0.15) is 36.8 Å². The zero-order valence-electron chi connectivity index (χ0n) is 11.1. The van der Waals surface area contributed by atoms with Crippen LogP contribution in [-0.2, 0) is 16.9 Å². The van der Waals surface area contributed by atoms with Gasteiger partial charge in [0, 0.05) is 6.54 Å². The van der Waals surface area contributed by atoms with Crippen LogP contribution in [0.5, 0.6) is 0 Å². The van der Waals surface area contributed by atoms with E-state index in [0.717, 1.165) is 32.2 Å². The first-order valence-corrected chi connectivity index (χ1v) is 6.50. The second-order valence-corrected chi connectivity index (χ2v) is 5.34. The van der Waals surface area contributed by atoms with Gasteiger partial charge in [0.1, 0.15) is 0 Å². The van der Waals surface area contributed by atoms with E-state index in [9.17, 15) is 4.79 Å². The summed E-state index contributed by atoms with van der Waals surface area (Å²) in [6, 6.07) is 8.34. The maximum atomic E-state index is 10.8. The first kappa shape index (κ1) is 13.0. The van der Waals surface area contributed by atoms with Gasteiger partial charge in [-0.2, -0.15) is 4.99 Å². The van der Waals surface area contributed by atoms with Crippen LogP contribution in [0.3, 0.4) is 0 Å². The van der Waals surface area contributed by atoms with Gasteiger partial charge in [0.05, 0.1) is 5.54 Å². The molecule has 96 valence electrons. The van der Waals surface area contributed by atoms with E-state index >= 15 is 0 Å². The first-order valence-electron chi connectivity index (χ1n) is 6.50. The predicted molar refractivity (Wildman–Crippen MR) is 72.1 cm³/mol. The smallest absolute Gasteiger partial charge is 0.235 e. The van der Waals surface area contributed by atoms with Crippen molar-refractivity contribution >= 4 is 6.08 Å². The lowest BCUT2D eigenvalue weighted by molar-refractivity contribution is 0.388. The quantitative estimate of drug-likeness (QED) is 0.602. The molecule has 3 nitrogen and oxygen atoms in total. The fourth-order valence-corrected chi connectivity index (χ4v) is 2.94. The van der Waals surface area contributed by atoms with Crippen molar-refractivity contribution in [3.63, 3.8) is 0 Å². The van der Waals surface area contributed by atoms with Gasteiger partial charge in [0.2, 0.25) is 6.08 Å². The molecule has 0 atom stereocenters. The van der Waals surface area contributed by atoms with Crippen LogP contribution in [0, 0.1) is 0 Å². The van der Waals surface area contributed by atoms with Crippen molar-refractivity contribution in [3.05, 3.63) is 35.4 Å². The van der Waals surface area contributed by atoms with Gasteiger partial charge in [-0.25, -0.2) is 4.79 Å². The minimum absolute atomic E-state index is 0.311. The summed E-state index contributed by atoms with van der Waals surface area (Å²) >= 11 is 0. The second-order valence-electron chi connectivity index (χ2n) is 5.34. The largest absolute Gasteiger partial charge is 0.305 e. The van der Waals surface area contributed by atoms with Crippen LogP contribution in [0.25, 0.3) is 0 Å². The molecular weight excluding hydrogens is 224 g/mol. The van der Waals surface area contributed by atoms with Gasteiger partial charge in [0.15, 0.2) is 0 Å². The van der Waals surface area contributed by atoms with E-state index in [1.54, 1.807) is 6.08 Å². The maximum absolute atomic E-state index is 10.8. The summed E-state index contributed by atoms with van der Waals surface area (Å²) in [4.78, 5) is 17.1. The normalized spacial score (nSPS) is 17.7. The highest BCUT2D eigenvalue weighted by Crippen LogP contribution is 2.43. The summed E-state index contributed by atoms with van der Waals surface area (Å²) in [5.74, 6) is 0. The highest BCUT2D eigenvalue weighted by atomic mass is 16.1. The predicted octanol–water partition coefficient (Wildman–Crippen LogP) is 2.85. The molecule has 0 N–H and O–H groups in total. The van der Waals surface area contributed by atoms with Crippen LogP contribution in [-0.4, -0.2) is 25.1 Å². The Kier molecular flexibility index (Phi) is 3.95. The fraction of sp³-hybridized carbons (Fsp3) is 0.533. The highest BCUT2D eigenvalue weighted by molar-refractivity contribution is 5.41. The van der Waals surface area contributed by atoms with E-state index in [1.807, 2.05) is 6.07 Å². The number of aliphatic imine (C=N–C) groups is 1. The summed E-state index contributed by atoms with van der Waals surface area (Å²) in [6.45, 7) is 0.881. The molecule has 1 fully saturated rings. The zero-order chi connectivity index (χ0) is 13.0. The molecule has 0 aromatic heterocycles. The molecule has 1 saturated carbocycles. The number of rotatable bonds is 4. The third-order valence-corrected chi connectivity index (χ3v) is 3.70. The Balaban J connectivity index is 2.44. The van der Waals surface area contributed by atoms with E-state index in [-0.39, 0.29) is 5.54 Å². The Morgan fingerprint density at radius 2 is 1.94 bits per heavy atom. The Labute approximate surface area is 109 Å². The van der Waals surface area contributed by atoms with E-state index in [2.05, 4.69) is 42.2 Å². The van der Waals surface area contributed by atoms with Gasteiger partial charge in [-0.05, 0) is 38.1 Å². The molecule has 0 spiro atoms. The molecule has 0 bridgehead atoms. The standard InChI is InChI=1S/C15H20N2O/c1-17(2)11-13-7-3-4-8-14(13)15(16-12-18)9-5-6-10-15/h3-4,7-8H,5-6,9-11H2,1-2H3. The molecule has 3 heteroatoms. The van der Waals surface area contributed by atoms with Gasteiger partial charge in [-0.3, -0.25) is 0 Å². The molecule has 2 rings (SSSR count). The SMILES string of the molecule is CN(C)Cc1ccccc1C1(N=C=O)CCCC1. The molecule has 1 aromatic rings. The van der Waals surface area contributed by atoms with Crippen molar-refractivity contribution in [1.29, 1.82) is 0 Å². The van der Waals surface area contributed by atoms with Crippen molar-refractivity contribution < 1.29 is 4.79 Å². The van der Waals surface area contributed by atoms with Crippen molar-refractivity contribution in [2.45, 2.75) is 37.8 Å². The Bertz CT molecular complexity index is 455. The lowest BCUT2D eigenvalue weighted by Gasteiger charge is -2.26. The lowest BCUT2D eigenvalue weighted by Crippen LogP contribution is -2.23. The van der Waals surface area contributed by atoms with E-state index in [1.165, 1.54) is 11.1 Å². The molecule has 1 aliphatic rings. The molecule has 1 aromatic carbocycles. The topological polar surface area (TPSA) is 32.7 Å². The minimum atomic E-state index is -0.311. The average Bonchev–Trinajstić information content (AvgIpc) is 2.79.